The van der Waals surface area contributed by atoms with Gasteiger partial charge in [0.05, 0.1) is 6.04 Å². The highest BCUT2D eigenvalue weighted by molar-refractivity contribution is 6.40. The quantitative estimate of drug-likeness (QED) is 0.436. The fourth-order valence-electron chi connectivity index (χ4n) is 7.54. The molecule has 4 bridgehead atoms. The van der Waals surface area contributed by atoms with Crippen molar-refractivity contribution in [3.63, 3.8) is 0 Å². The van der Waals surface area contributed by atoms with E-state index in [1.807, 2.05) is 0 Å². The molecule has 0 amide bonds. The first-order valence-corrected chi connectivity index (χ1v) is 12.6. The van der Waals surface area contributed by atoms with Crippen LogP contribution in [0.25, 0.3) is 0 Å². The van der Waals surface area contributed by atoms with Crippen LogP contribution in [0.4, 0.5) is 0 Å². The molecule has 0 N–H and O–H groups in total. The summed E-state index contributed by atoms with van der Waals surface area (Å²) in [6, 6.07) is 10.9. The molecule has 5 aliphatic rings. The molecule has 30 heavy (non-hydrogen) atoms. The van der Waals surface area contributed by atoms with Crippen LogP contribution in [0.5, 0.6) is 0 Å². The predicted octanol–water partition coefficient (Wildman–Crippen LogP) is 6.55. The SMILES string of the molecule is CCCCCN1N=C(C(=O)CCC23CC4CC(CC(C4)C2)C3)CC1c1ccccc1. The fraction of sp³-hybridized carbons (Fsp3) is 0.704. The van der Waals surface area contributed by atoms with Gasteiger partial charge in [0.1, 0.15) is 5.71 Å². The van der Waals surface area contributed by atoms with Gasteiger partial charge in [-0.25, -0.2) is 0 Å². The summed E-state index contributed by atoms with van der Waals surface area (Å²) in [5, 5.41) is 7.09. The van der Waals surface area contributed by atoms with Crippen LogP contribution >= 0.6 is 0 Å². The lowest BCUT2D eigenvalue weighted by Crippen LogP contribution is -2.46. The van der Waals surface area contributed by atoms with Crippen LogP contribution < -0.4 is 0 Å². The monoisotopic (exact) mass is 406 g/mol. The lowest BCUT2D eigenvalue weighted by atomic mass is 9.48. The van der Waals surface area contributed by atoms with Gasteiger partial charge in [0, 0.05) is 19.4 Å². The molecule has 4 fully saturated rings. The average Bonchev–Trinajstić information content (AvgIpc) is 3.16. The Morgan fingerprint density at radius 3 is 2.33 bits per heavy atom. The molecule has 0 aromatic heterocycles. The van der Waals surface area contributed by atoms with Crippen molar-refractivity contribution >= 4 is 11.5 Å². The molecule has 3 nitrogen and oxygen atoms in total. The Hall–Kier alpha value is -1.64. The number of unbranched alkanes of at least 4 members (excludes halogenated alkanes) is 2. The van der Waals surface area contributed by atoms with Crippen molar-refractivity contribution in [2.45, 2.75) is 90.0 Å². The lowest BCUT2D eigenvalue weighted by molar-refractivity contribution is -0.115. The highest BCUT2D eigenvalue weighted by Crippen LogP contribution is 2.61. The van der Waals surface area contributed by atoms with Crippen molar-refractivity contribution in [3.8, 4) is 0 Å². The highest BCUT2D eigenvalue weighted by atomic mass is 16.1. The minimum absolute atomic E-state index is 0.238. The number of carbonyl (C=O) groups excluding carboxylic acids is 1. The van der Waals surface area contributed by atoms with E-state index >= 15 is 0 Å². The summed E-state index contributed by atoms with van der Waals surface area (Å²) in [5.41, 5.74) is 2.62. The summed E-state index contributed by atoms with van der Waals surface area (Å²) in [7, 11) is 0. The molecule has 4 aliphatic carbocycles. The van der Waals surface area contributed by atoms with Gasteiger partial charge in [-0.2, -0.15) is 5.10 Å². The summed E-state index contributed by atoms with van der Waals surface area (Å²) in [6.45, 7) is 3.19. The van der Waals surface area contributed by atoms with Gasteiger partial charge in [-0.15, -0.1) is 0 Å². The van der Waals surface area contributed by atoms with Gasteiger partial charge < -0.3 is 0 Å². The van der Waals surface area contributed by atoms with Crippen LogP contribution in [0.2, 0.25) is 0 Å². The number of hydrazone groups is 1. The molecule has 0 radical (unpaired) electrons. The minimum atomic E-state index is 0.238. The molecule has 1 atom stereocenters. The smallest absolute Gasteiger partial charge is 0.178 e. The zero-order valence-electron chi connectivity index (χ0n) is 18.7. The zero-order valence-corrected chi connectivity index (χ0v) is 18.7. The largest absolute Gasteiger partial charge is 0.293 e. The number of Topliss-reactive ketones (excluding diaryl/α,β-unsaturated/α-hetero) is 1. The molecule has 3 heteroatoms. The molecule has 6 rings (SSSR count). The maximum atomic E-state index is 13.2. The van der Waals surface area contributed by atoms with Crippen molar-refractivity contribution in [1.82, 2.24) is 5.01 Å². The fourth-order valence-corrected chi connectivity index (χ4v) is 7.54. The summed E-state index contributed by atoms with van der Waals surface area (Å²) < 4.78 is 0. The van der Waals surface area contributed by atoms with E-state index in [0.717, 1.165) is 55.7 Å². The maximum absolute atomic E-state index is 13.2. The van der Waals surface area contributed by atoms with Gasteiger partial charge in [0.15, 0.2) is 5.78 Å². The summed E-state index contributed by atoms with van der Waals surface area (Å²) in [5.74, 6) is 3.22. The van der Waals surface area contributed by atoms with Crippen molar-refractivity contribution in [2.24, 2.45) is 28.3 Å². The minimum Gasteiger partial charge on any atom is -0.293 e. The lowest BCUT2D eigenvalue weighted by Gasteiger charge is -2.57. The second-order valence-electron chi connectivity index (χ2n) is 10.9. The van der Waals surface area contributed by atoms with Gasteiger partial charge in [-0.05, 0) is 80.1 Å². The molecule has 1 aliphatic heterocycles. The summed E-state index contributed by atoms with van der Waals surface area (Å²) in [6.07, 6.45) is 14.8. The van der Waals surface area contributed by atoms with Gasteiger partial charge in [0.25, 0.3) is 0 Å². The second kappa shape index (κ2) is 8.48. The van der Waals surface area contributed by atoms with E-state index in [4.69, 9.17) is 5.10 Å². The molecule has 1 unspecified atom stereocenters. The number of ketones is 1. The Morgan fingerprint density at radius 1 is 1.03 bits per heavy atom. The third-order valence-corrected chi connectivity index (χ3v) is 8.54. The van der Waals surface area contributed by atoms with Gasteiger partial charge in [-0.1, -0.05) is 50.1 Å². The van der Waals surface area contributed by atoms with E-state index in [0.29, 0.717) is 11.2 Å². The molecule has 1 aromatic rings. The predicted molar refractivity (Wildman–Crippen MR) is 122 cm³/mol. The molecular formula is C27H38N2O. The molecule has 0 spiro atoms. The first-order chi connectivity index (χ1) is 14.6. The van der Waals surface area contributed by atoms with Crippen molar-refractivity contribution in [2.75, 3.05) is 6.54 Å². The molecule has 4 saturated carbocycles. The number of benzene rings is 1. The Kier molecular flexibility index (Phi) is 5.73. The van der Waals surface area contributed by atoms with E-state index in [1.54, 1.807) is 0 Å². The first-order valence-electron chi connectivity index (χ1n) is 12.6. The van der Waals surface area contributed by atoms with Crippen molar-refractivity contribution in [3.05, 3.63) is 35.9 Å². The number of hydrogen-bond acceptors (Lipinski definition) is 3. The van der Waals surface area contributed by atoms with Crippen molar-refractivity contribution in [1.29, 1.82) is 0 Å². The average molecular weight is 407 g/mol. The van der Waals surface area contributed by atoms with E-state index in [1.165, 1.54) is 56.9 Å². The molecule has 162 valence electrons. The number of hydrogen-bond donors (Lipinski definition) is 0. The maximum Gasteiger partial charge on any atom is 0.178 e. The number of nitrogens with zero attached hydrogens (tertiary/aromatic N) is 2. The van der Waals surface area contributed by atoms with Crippen molar-refractivity contribution < 1.29 is 4.79 Å². The number of carbonyl (C=O) groups is 1. The third-order valence-electron chi connectivity index (χ3n) is 8.54. The normalized spacial score (nSPS) is 34.4. The van der Waals surface area contributed by atoms with Gasteiger partial charge >= 0.3 is 0 Å². The highest BCUT2D eigenvalue weighted by Gasteiger charge is 2.50. The zero-order chi connectivity index (χ0) is 20.6. The summed E-state index contributed by atoms with van der Waals surface area (Å²) in [4.78, 5) is 13.2. The Labute approximate surface area is 182 Å². The van der Waals surface area contributed by atoms with E-state index in [9.17, 15) is 4.79 Å². The van der Waals surface area contributed by atoms with Crippen LogP contribution in [0.15, 0.2) is 35.4 Å². The molecule has 0 saturated heterocycles. The standard InChI is InChI=1S/C27H38N2O/c1-2-3-7-12-29-25(23-8-5-4-6-9-23)16-24(28-29)26(30)10-11-27-17-20-13-21(18-27)15-22(14-20)19-27/h4-6,8-9,20-22,25H,2-3,7,10-19H2,1H3. The Balaban J connectivity index is 1.24. The Bertz CT molecular complexity index is 748. The van der Waals surface area contributed by atoms with Gasteiger partial charge in [0.2, 0.25) is 0 Å². The third kappa shape index (κ3) is 4.09. The molecule has 1 aromatic carbocycles. The second-order valence-corrected chi connectivity index (χ2v) is 10.9. The van der Waals surface area contributed by atoms with Gasteiger partial charge in [-0.3, -0.25) is 9.80 Å². The van der Waals surface area contributed by atoms with Crippen LogP contribution in [0.3, 0.4) is 0 Å². The van der Waals surface area contributed by atoms with Crippen LogP contribution in [-0.2, 0) is 4.79 Å². The number of rotatable bonds is 9. The van der Waals surface area contributed by atoms with E-state index < -0.39 is 0 Å². The Morgan fingerprint density at radius 2 is 1.70 bits per heavy atom. The summed E-state index contributed by atoms with van der Waals surface area (Å²) >= 11 is 0. The molecule has 1 heterocycles. The first kappa shape index (κ1) is 20.3. The van der Waals surface area contributed by atoms with Crippen LogP contribution in [0, 0.1) is 23.2 Å². The van der Waals surface area contributed by atoms with E-state index in [-0.39, 0.29) is 6.04 Å². The topological polar surface area (TPSA) is 32.7 Å². The molecular weight excluding hydrogens is 368 g/mol. The van der Waals surface area contributed by atoms with Crippen LogP contribution in [-0.4, -0.2) is 23.0 Å². The van der Waals surface area contributed by atoms with E-state index in [2.05, 4.69) is 42.3 Å². The van der Waals surface area contributed by atoms with Crippen LogP contribution in [0.1, 0.15) is 95.6 Å².